The van der Waals surface area contributed by atoms with E-state index in [0.717, 1.165) is 44.1 Å². The van der Waals surface area contributed by atoms with E-state index in [9.17, 15) is 0 Å². The third-order valence-electron chi connectivity index (χ3n) is 3.90. The Balaban J connectivity index is 1.93. The summed E-state index contributed by atoms with van der Waals surface area (Å²) in [5.41, 5.74) is 2.65. The second-order valence-electron chi connectivity index (χ2n) is 6.48. The molecule has 0 aliphatic heterocycles. The van der Waals surface area contributed by atoms with Crippen LogP contribution in [0.2, 0.25) is 0 Å². The highest BCUT2D eigenvalue weighted by molar-refractivity contribution is 5.21. The summed E-state index contributed by atoms with van der Waals surface area (Å²) in [7, 11) is 4.18. The normalized spacial score (nSPS) is 18.6. The highest BCUT2D eigenvalue weighted by atomic mass is 15.1. The van der Waals surface area contributed by atoms with Gasteiger partial charge < -0.3 is 10.2 Å². The van der Waals surface area contributed by atoms with Crippen molar-refractivity contribution in [2.75, 3.05) is 27.2 Å². The molecular weight excluding hydrogens is 248 g/mol. The Morgan fingerprint density at radius 1 is 1.40 bits per heavy atom. The molecule has 0 fully saturated rings. The van der Waals surface area contributed by atoms with Crippen molar-refractivity contribution < 1.29 is 0 Å². The molecule has 1 heterocycles. The van der Waals surface area contributed by atoms with Gasteiger partial charge in [-0.2, -0.15) is 0 Å². The number of nitrogens with one attached hydrogen (secondary N) is 1. The van der Waals surface area contributed by atoms with Gasteiger partial charge in [0.1, 0.15) is 5.82 Å². The minimum absolute atomic E-state index is 0.570. The first-order valence-corrected chi connectivity index (χ1v) is 7.76. The average molecular weight is 276 g/mol. The van der Waals surface area contributed by atoms with Gasteiger partial charge in [0.05, 0.1) is 0 Å². The molecule has 2 rings (SSSR count). The molecule has 4 nitrogen and oxygen atoms in total. The Hall–Kier alpha value is -1.00. The fraction of sp³-hybridized carbons (Fsp3) is 0.750. The zero-order valence-electron chi connectivity index (χ0n) is 13.3. The number of aromatic nitrogens is 2. The van der Waals surface area contributed by atoms with Gasteiger partial charge in [-0.05, 0) is 51.4 Å². The van der Waals surface area contributed by atoms with Crippen LogP contribution in [0, 0.1) is 5.92 Å². The van der Waals surface area contributed by atoms with Crippen molar-refractivity contribution in [2.24, 2.45) is 5.92 Å². The molecule has 1 aliphatic carbocycles. The third kappa shape index (κ3) is 4.53. The Bertz CT molecular complexity index is 428. The second kappa shape index (κ2) is 7.14. The van der Waals surface area contributed by atoms with Crippen molar-refractivity contribution in [1.29, 1.82) is 0 Å². The first-order chi connectivity index (χ1) is 9.54. The lowest BCUT2D eigenvalue weighted by atomic mass is 9.87. The molecule has 1 unspecified atom stereocenters. The van der Waals surface area contributed by atoms with Gasteiger partial charge in [-0.3, -0.25) is 0 Å². The lowest BCUT2D eigenvalue weighted by molar-refractivity contribution is 0.397. The molecule has 0 spiro atoms. The first-order valence-electron chi connectivity index (χ1n) is 7.76. The molecule has 1 N–H and O–H groups in total. The second-order valence-corrected chi connectivity index (χ2v) is 6.48. The summed E-state index contributed by atoms with van der Waals surface area (Å²) in [4.78, 5) is 11.5. The van der Waals surface area contributed by atoms with Crippen LogP contribution in [-0.2, 0) is 19.3 Å². The Morgan fingerprint density at radius 3 is 2.90 bits per heavy atom. The molecule has 0 saturated heterocycles. The van der Waals surface area contributed by atoms with Gasteiger partial charge in [0.15, 0.2) is 0 Å². The highest BCUT2D eigenvalue weighted by Crippen LogP contribution is 2.23. The number of nitrogens with zero attached hydrogens (tertiary/aromatic N) is 3. The summed E-state index contributed by atoms with van der Waals surface area (Å²) >= 11 is 0. The van der Waals surface area contributed by atoms with Crippen molar-refractivity contribution in [3.63, 3.8) is 0 Å². The van der Waals surface area contributed by atoms with E-state index in [-0.39, 0.29) is 0 Å². The summed E-state index contributed by atoms with van der Waals surface area (Å²) < 4.78 is 0. The minimum atomic E-state index is 0.570. The van der Waals surface area contributed by atoms with Crippen LogP contribution in [0.25, 0.3) is 0 Å². The molecule has 0 bridgehead atoms. The fourth-order valence-corrected chi connectivity index (χ4v) is 2.64. The van der Waals surface area contributed by atoms with Crippen molar-refractivity contribution in [2.45, 2.75) is 45.6 Å². The van der Waals surface area contributed by atoms with E-state index in [4.69, 9.17) is 4.98 Å². The molecule has 0 saturated carbocycles. The van der Waals surface area contributed by atoms with E-state index in [1.807, 2.05) is 0 Å². The van der Waals surface area contributed by atoms with E-state index < -0.39 is 0 Å². The Labute approximate surface area is 123 Å². The van der Waals surface area contributed by atoms with Crippen LogP contribution >= 0.6 is 0 Å². The topological polar surface area (TPSA) is 41.1 Å². The lowest BCUT2D eigenvalue weighted by Crippen LogP contribution is -2.32. The molecule has 1 atom stereocenters. The van der Waals surface area contributed by atoms with Gasteiger partial charge in [0.25, 0.3) is 0 Å². The molecular formula is C16H28N4. The smallest absolute Gasteiger partial charge is 0.129 e. The van der Waals surface area contributed by atoms with Crippen molar-refractivity contribution in [1.82, 2.24) is 20.2 Å². The summed E-state index contributed by atoms with van der Waals surface area (Å²) in [5, 5.41) is 3.54. The number of hydrogen-bond donors (Lipinski definition) is 1. The molecule has 0 aromatic carbocycles. The van der Waals surface area contributed by atoms with Crippen LogP contribution in [0.4, 0.5) is 0 Å². The van der Waals surface area contributed by atoms with E-state index in [0.29, 0.717) is 6.04 Å². The zero-order valence-corrected chi connectivity index (χ0v) is 13.3. The van der Waals surface area contributed by atoms with Crippen molar-refractivity contribution in [3.8, 4) is 0 Å². The van der Waals surface area contributed by atoms with Crippen molar-refractivity contribution in [3.05, 3.63) is 23.3 Å². The molecule has 4 heteroatoms. The van der Waals surface area contributed by atoms with Gasteiger partial charge in [-0.25, -0.2) is 9.97 Å². The zero-order chi connectivity index (χ0) is 14.5. The number of fused-ring (bicyclic) bond motifs is 1. The van der Waals surface area contributed by atoms with E-state index in [1.165, 1.54) is 17.7 Å². The lowest BCUT2D eigenvalue weighted by Gasteiger charge is -2.25. The van der Waals surface area contributed by atoms with E-state index >= 15 is 0 Å². The number of rotatable bonds is 6. The molecule has 20 heavy (non-hydrogen) atoms. The van der Waals surface area contributed by atoms with Gasteiger partial charge in [-0.1, -0.05) is 13.8 Å². The maximum atomic E-state index is 4.76. The summed E-state index contributed by atoms with van der Waals surface area (Å²) in [6.07, 6.45) is 6.49. The van der Waals surface area contributed by atoms with Crippen LogP contribution in [-0.4, -0.2) is 48.1 Å². The quantitative estimate of drug-likeness (QED) is 0.858. The van der Waals surface area contributed by atoms with E-state index in [2.05, 4.69) is 49.3 Å². The van der Waals surface area contributed by atoms with Crippen molar-refractivity contribution >= 4 is 0 Å². The summed E-state index contributed by atoms with van der Waals surface area (Å²) in [5.74, 6) is 1.73. The molecule has 112 valence electrons. The fourth-order valence-electron chi connectivity index (χ4n) is 2.64. The Kier molecular flexibility index (Phi) is 5.49. The standard InChI is InChI=1S/C16H28N4/c1-12(2)17-10-13-5-6-15-14(9-13)11-18-16(19-15)7-8-20(3)4/h11-13,17H,5-10H2,1-4H3. The van der Waals surface area contributed by atoms with Crippen LogP contribution in [0.3, 0.4) is 0 Å². The SMILES string of the molecule is CC(C)NCC1CCc2nc(CCN(C)C)ncc2C1. The van der Waals surface area contributed by atoms with Crippen LogP contribution < -0.4 is 5.32 Å². The molecule has 1 aliphatic rings. The monoisotopic (exact) mass is 276 g/mol. The largest absolute Gasteiger partial charge is 0.314 e. The van der Waals surface area contributed by atoms with Crippen LogP contribution in [0.5, 0.6) is 0 Å². The predicted octanol–water partition coefficient (Wildman–Crippen LogP) is 1.68. The average Bonchev–Trinajstić information content (AvgIpc) is 2.42. The minimum Gasteiger partial charge on any atom is -0.314 e. The molecule has 0 amide bonds. The number of aryl methyl sites for hydroxylation is 1. The Morgan fingerprint density at radius 2 is 2.20 bits per heavy atom. The summed E-state index contributed by atoms with van der Waals surface area (Å²) in [6.45, 7) is 6.53. The van der Waals surface area contributed by atoms with Gasteiger partial charge in [-0.15, -0.1) is 0 Å². The number of likely N-dealkylation sites (N-methyl/N-ethyl adjacent to an activating group) is 1. The highest BCUT2D eigenvalue weighted by Gasteiger charge is 2.20. The maximum Gasteiger partial charge on any atom is 0.129 e. The van der Waals surface area contributed by atoms with Crippen LogP contribution in [0.15, 0.2) is 6.20 Å². The molecule has 1 aromatic heterocycles. The first kappa shape index (κ1) is 15.4. The number of hydrogen-bond acceptors (Lipinski definition) is 4. The molecule has 1 aromatic rings. The third-order valence-corrected chi connectivity index (χ3v) is 3.90. The van der Waals surface area contributed by atoms with Gasteiger partial charge in [0.2, 0.25) is 0 Å². The molecule has 0 radical (unpaired) electrons. The van der Waals surface area contributed by atoms with E-state index in [1.54, 1.807) is 0 Å². The van der Waals surface area contributed by atoms with Gasteiger partial charge >= 0.3 is 0 Å². The van der Waals surface area contributed by atoms with Gasteiger partial charge in [0, 0.05) is 30.9 Å². The summed E-state index contributed by atoms with van der Waals surface area (Å²) in [6, 6.07) is 0.570. The van der Waals surface area contributed by atoms with Crippen LogP contribution in [0.1, 0.15) is 37.4 Å². The predicted molar refractivity (Wildman–Crippen MR) is 82.9 cm³/mol. The maximum absolute atomic E-state index is 4.76.